The molecule has 7 nitrogen and oxygen atoms in total. The SMILES string of the molecule is O=C([O-])c1ccccc1.O=C([O-])c1ccccc1S(=O)(=O)O. The van der Waals surface area contributed by atoms with Gasteiger partial charge in [0.25, 0.3) is 10.1 Å². The molecule has 22 heavy (non-hydrogen) atoms. The predicted molar refractivity (Wildman–Crippen MR) is 71.4 cm³/mol. The lowest BCUT2D eigenvalue weighted by Gasteiger charge is -2.06. The van der Waals surface area contributed by atoms with E-state index >= 15 is 0 Å². The van der Waals surface area contributed by atoms with Crippen LogP contribution in [-0.4, -0.2) is 24.9 Å². The van der Waals surface area contributed by atoms with Crippen molar-refractivity contribution in [2.75, 3.05) is 0 Å². The molecular formula is C14H10O7S-2. The van der Waals surface area contributed by atoms with Gasteiger partial charge in [0, 0.05) is 5.56 Å². The lowest BCUT2D eigenvalue weighted by Crippen LogP contribution is -2.24. The highest BCUT2D eigenvalue weighted by Gasteiger charge is 2.14. The number of hydrogen-bond acceptors (Lipinski definition) is 6. The number of carboxylic acids is 2. The quantitative estimate of drug-likeness (QED) is 0.741. The van der Waals surface area contributed by atoms with Gasteiger partial charge in [-0.25, -0.2) is 0 Å². The molecular weight excluding hydrogens is 312 g/mol. The first-order valence-electron chi connectivity index (χ1n) is 5.77. The Labute approximate surface area is 126 Å². The van der Waals surface area contributed by atoms with Crippen molar-refractivity contribution in [2.45, 2.75) is 4.90 Å². The van der Waals surface area contributed by atoms with E-state index in [0.29, 0.717) is 0 Å². The molecule has 0 aromatic heterocycles. The van der Waals surface area contributed by atoms with E-state index < -0.39 is 32.5 Å². The molecule has 2 aromatic carbocycles. The molecule has 0 unspecified atom stereocenters. The van der Waals surface area contributed by atoms with E-state index in [1.165, 1.54) is 24.3 Å². The third-order valence-corrected chi connectivity index (χ3v) is 3.31. The smallest absolute Gasteiger partial charge is 0.295 e. The zero-order valence-corrected chi connectivity index (χ0v) is 11.8. The van der Waals surface area contributed by atoms with Crippen LogP contribution in [0.3, 0.4) is 0 Å². The molecule has 0 aliphatic rings. The zero-order valence-electron chi connectivity index (χ0n) is 11.0. The molecule has 0 saturated heterocycles. The fourth-order valence-corrected chi connectivity index (χ4v) is 2.11. The number of hydrogen-bond donors (Lipinski definition) is 1. The van der Waals surface area contributed by atoms with Crippen LogP contribution in [0, 0.1) is 0 Å². The Morgan fingerprint density at radius 1 is 0.818 bits per heavy atom. The molecule has 1 N–H and O–H groups in total. The van der Waals surface area contributed by atoms with Crippen LogP contribution < -0.4 is 10.2 Å². The van der Waals surface area contributed by atoms with E-state index in [1.807, 2.05) is 0 Å². The van der Waals surface area contributed by atoms with Crippen LogP contribution in [0.4, 0.5) is 0 Å². The summed E-state index contributed by atoms with van der Waals surface area (Å²) in [6.07, 6.45) is 0. The van der Waals surface area contributed by atoms with Gasteiger partial charge in [0.15, 0.2) is 0 Å². The summed E-state index contributed by atoms with van der Waals surface area (Å²) in [4.78, 5) is 19.8. The van der Waals surface area contributed by atoms with Crippen LogP contribution in [0.5, 0.6) is 0 Å². The van der Waals surface area contributed by atoms with Crippen LogP contribution in [0.25, 0.3) is 0 Å². The van der Waals surface area contributed by atoms with Crippen molar-refractivity contribution in [1.29, 1.82) is 0 Å². The van der Waals surface area contributed by atoms with Gasteiger partial charge in [0.05, 0.1) is 11.9 Å². The largest absolute Gasteiger partial charge is 0.545 e. The average Bonchev–Trinajstić information content (AvgIpc) is 2.48. The van der Waals surface area contributed by atoms with Crippen LogP contribution in [0.2, 0.25) is 0 Å². The number of carbonyl (C=O) groups is 2. The molecule has 0 heterocycles. The van der Waals surface area contributed by atoms with Gasteiger partial charge in [-0.2, -0.15) is 8.42 Å². The maximum atomic E-state index is 10.6. The van der Waals surface area contributed by atoms with Gasteiger partial charge in [-0.1, -0.05) is 48.5 Å². The first-order valence-corrected chi connectivity index (χ1v) is 7.21. The number of aromatic carboxylic acids is 2. The lowest BCUT2D eigenvalue weighted by molar-refractivity contribution is -0.256. The van der Waals surface area contributed by atoms with Gasteiger partial charge in [-0.15, -0.1) is 0 Å². The lowest BCUT2D eigenvalue weighted by atomic mass is 10.2. The predicted octanol–water partition coefficient (Wildman–Crippen LogP) is -0.653. The summed E-state index contributed by atoms with van der Waals surface area (Å²) in [5.41, 5.74) is -0.331. The van der Waals surface area contributed by atoms with Crippen molar-refractivity contribution in [3.05, 3.63) is 65.7 Å². The fraction of sp³-hybridized carbons (Fsp3) is 0. The second kappa shape index (κ2) is 7.34. The fourth-order valence-electron chi connectivity index (χ4n) is 1.43. The van der Waals surface area contributed by atoms with E-state index in [-0.39, 0.29) is 5.56 Å². The Bertz CT molecular complexity index is 767. The van der Waals surface area contributed by atoms with Crippen molar-refractivity contribution < 1.29 is 32.8 Å². The molecule has 2 rings (SSSR count). The highest BCUT2D eigenvalue weighted by atomic mass is 32.2. The highest BCUT2D eigenvalue weighted by Crippen LogP contribution is 2.13. The van der Waals surface area contributed by atoms with Crippen molar-refractivity contribution in [1.82, 2.24) is 0 Å². The van der Waals surface area contributed by atoms with Crippen molar-refractivity contribution in [3.8, 4) is 0 Å². The van der Waals surface area contributed by atoms with E-state index in [9.17, 15) is 28.2 Å². The van der Waals surface area contributed by atoms with E-state index in [1.54, 1.807) is 18.2 Å². The number of rotatable bonds is 3. The summed E-state index contributed by atoms with van der Waals surface area (Å²) in [5.74, 6) is -2.77. The molecule has 0 saturated carbocycles. The first kappa shape index (κ1) is 17.3. The molecule has 2 aromatic rings. The molecule has 8 heteroatoms. The van der Waals surface area contributed by atoms with Crippen LogP contribution in [-0.2, 0) is 10.1 Å². The Kier molecular flexibility index (Phi) is 5.79. The first-order chi connectivity index (χ1) is 10.2. The molecule has 0 amide bonds. The maximum Gasteiger partial charge on any atom is 0.295 e. The Balaban J connectivity index is 0.000000235. The monoisotopic (exact) mass is 322 g/mol. The molecule has 0 spiro atoms. The zero-order chi connectivity index (χ0) is 16.8. The Morgan fingerprint density at radius 2 is 1.32 bits per heavy atom. The molecule has 0 radical (unpaired) electrons. The molecule has 0 atom stereocenters. The number of benzene rings is 2. The number of carboxylic acid groups (broad SMARTS) is 2. The maximum absolute atomic E-state index is 10.6. The molecule has 0 fully saturated rings. The Hall–Kier alpha value is -2.71. The summed E-state index contributed by atoms with van der Waals surface area (Å²) >= 11 is 0. The molecule has 0 aliphatic heterocycles. The van der Waals surface area contributed by atoms with E-state index in [4.69, 9.17) is 4.55 Å². The van der Waals surface area contributed by atoms with Crippen molar-refractivity contribution >= 4 is 22.1 Å². The summed E-state index contributed by atoms with van der Waals surface area (Å²) in [6, 6.07) is 12.7. The van der Waals surface area contributed by atoms with Gasteiger partial charge < -0.3 is 19.8 Å². The van der Waals surface area contributed by atoms with Crippen LogP contribution in [0.15, 0.2) is 59.5 Å². The molecule has 0 bridgehead atoms. The van der Waals surface area contributed by atoms with Gasteiger partial charge in [0.2, 0.25) is 0 Å². The van der Waals surface area contributed by atoms with Crippen molar-refractivity contribution in [3.63, 3.8) is 0 Å². The highest BCUT2D eigenvalue weighted by molar-refractivity contribution is 7.86. The van der Waals surface area contributed by atoms with Crippen LogP contribution >= 0.6 is 0 Å². The summed E-state index contributed by atoms with van der Waals surface area (Å²) in [5, 5.41) is 20.5. The minimum absolute atomic E-state index is 0.220. The standard InChI is InChI=1S/C7H6O5S.C7H6O2/c8-7(9)5-3-1-2-4-6(5)13(10,11)12;8-7(9)6-4-2-1-3-5-6/h1-4H,(H,8,9)(H,10,11,12);1-5H,(H,8,9)/p-2. The molecule has 0 aliphatic carbocycles. The minimum Gasteiger partial charge on any atom is -0.545 e. The second-order valence-corrected chi connectivity index (χ2v) is 5.30. The molecule has 116 valence electrons. The van der Waals surface area contributed by atoms with E-state index in [2.05, 4.69) is 0 Å². The van der Waals surface area contributed by atoms with Gasteiger partial charge in [0.1, 0.15) is 4.90 Å². The van der Waals surface area contributed by atoms with Gasteiger partial charge in [-0.3, -0.25) is 4.55 Å². The normalized spacial score (nSPS) is 10.2. The Morgan fingerprint density at radius 3 is 1.68 bits per heavy atom. The second-order valence-electron chi connectivity index (χ2n) is 3.91. The van der Waals surface area contributed by atoms with Crippen molar-refractivity contribution in [2.24, 2.45) is 0 Å². The van der Waals surface area contributed by atoms with Gasteiger partial charge >= 0.3 is 0 Å². The van der Waals surface area contributed by atoms with Crippen LogP contribution in [0.1, 0.15) is 20.7 Å². The summed E-state index contributed by atoms with van der Waals surface area (Å²) in [6.45, 7) is 0. The third kappa shape index (κ3) is 5.00. The topological polar surface area (TPSA) is 135 Å². The van der Waals surface area contributed by atoms with Gasteiger partial charge in [-0.05, 0) is 11.6 Å². The average molecular weight is 322 g/mol. The van der Waals surface area contributed by atoms with E-state index in [0.717, 1.165) is 12.1 Å². The third-order valence-electron chi connectivity index (χ3n) is 2.39. The number of carbonyl (C=O) groups excluding carboxylic acids is 2. The minimum atomic E-state index is -4.50. The summed E-state index contributed by atoms with van der Waals surface area (Å²) in [7, 11) is -4.50. The summed E-state index contributed by atoms with van der Waals surface area (Å²) < 4.78 is 29.8.